The van der Waals surface area contributed by atoms with Crippen LogP contribution in [0.2, 0.25) is 0 Å². The Morgan fingerprint density at radius 2 is 2.12 bits per heavy atom. The number of nitrogens with zero attached hydrogens (tertiary/aromatic N) is 1. The molecule has 7 heteroatoms. The number of thiophene rings is 1. The Labute approximate surface area is 152 Å². The van der Waals surface area contributed by atoms with Crippen molar-refractivity contribution >= 4 is 38.6 Å². The first-order valence-corrected chi connectivity index (χ1v) is 10.9. The fraction of sp³-hybridized carbons (Fsp3) is 0.389. The van der Waals surface area contributed by atoms with Crippen molar-refractivity contribution in [1.29, 1.82) is 0 Å². The maximum absolute atomic E-state index is 12.7. The van der Waals surface area contributed by atoms with Crippen molar-refractivity contribution in [2.24, 2.45) is 5.92 Å². The third-order valence-corrected chi connectivity index (χ3v) is 6.51. The molecule has 134 valence electrons. The highest BCUT2D eigenvalue weighted by atomic mass is 32.2. The molecule has 2 aromatic rings. The largest absolute Gasteiger partial charge is 0.307 e. The fourth-order valence-corrected chi connectivity index (χ4v) is 5.18. The zero-order chi connectivity index (χ0) is 18.0. The van der Waals surface area contributed by atoms with Gasteiger partial charge < -0.3 is 4.90 Å². The van der Waals surface area contributed by atoms with Crippen LogP contribution in [0.4, 0.5) is 11.4 Å². The molecule has 1 amide bonds. The molecule has 3 rings (SSSR count). The second-order valence-electron chi connectivity index (χ2n) is 6.66. The summed E-state index contributed by atoms with van der Waals surface area (Å²) in [5.41, 5.74) is 2.43. The molecule has 1 aromatic carbocycles. The van der Waals surface area contributed by atoms with E-state index in [9.17, 15) is 13.2 Å². The highest BCUT2D eigenvalue weighted by Crippen LogP contribution is 2.31. The van der Waals surface area contributed by atoms with Crippen LogP contribution in [0.5, 0.6) is 0 Å². The van der Waals surface area contributed by atoms with Crippen molar-refractivity contribution in [1.82, 2.24) is 0 Å². The number of hydrogen-bond donors (Lipinski definition) is 1. The lowest BCUT2D eigenvalue weighted by Crippen LogP contribution is -2.35. The molecule has 1 N–H and O–H groups in total. The molecule has 0 fully saturated rings. The summed E-state index contributed by atoms with van der Waals surface area (Å²) >= 11 is 1.43. The first kappa shape index (κ1) is 17.9. The van der Waals surface area contributed by atoms with E-state index in [1.807, 2.05) is 43.5 Å². The van der Waals surface area contributed by atoms with Crippen LogP contribution in [-0.2, 0) is 16.4 Å². The highest BCUT2D eigenvalue weighted by molar-refractivity contribution is 7.92. The van der Waals surface area contributed by atoms with Crippen molar-refractivity contribution in [2.45, 2.75) is 26.7 Å². The zero-order valence-electron chi connectivity index (χ0n) is 14.4. The smallest absolute Gasteiger partial charge is 0.268 e. The van der Waals surface area contributed by atoms with Gasteiger partial charge in [-0.1, -0.05) is 19.9 Å². The molecule has 0 aliphatic carbocycles. The third kappa shape index (κ3) is 4.22. The average molecular weight is 379 g/mol. The first-order chi connectivity index (χ1) is 11.9. The molecule has 0 saturated heterocycles. The summed E-state index contributed by atoms with van der Waals surface area (Å²) in [4.78, 5) is 15.2. The van der Waals surface area contributed by atoms with Crippen molar-refractivity contribution in [3.63, 3.8) is 0 Å². The van der Waals surface area contributed by atoms with Crippen LogP contribution in [0, 0.1) is 5.92 Å². The molecule has 1 aliphatic heterocycles. The summed E-state index contributed by atoms with van der Waals surface area (Å²) in [6.07, 6.45) is 1.70. The van der Waals surface area contributed by atoms with E-state index in [2.05, 4.69) is 4.72 Å². The van der Waals surface area contributed by atoms with Gasteiger partial charge in [0.1, 0.15) is 0 Å². The fourth-order valence-electron chi connectivity index (χ4n) is 3.06. The van der Waals surface area contributed by atoms with Crippen molar-refractivity contribution < 1.29 is 13.2 Å². The number of carbonyl (C=O) groups excluding carboxylic acids is 1. The topological polar surface area (TPSA) is 66.5 Å². The van der Waals surface area contributed by atoms with Gasteiger partial charge in [0.2, 0.25) is 10.0 Å². The number of hydrogen-bond acceptors (Lipinski definition) is 4. The summed E-state index contributed by atoms with van der Waals surface area (Å²) in [6.45, 7) is 4.43. The van der Waals surface area contributed by atoms with Crippen LogP contribution in [0.15, 0.2) is 35.7 Å². The standard InChI is InChI=1S/C18H22N2O3S2/c1-13(2)12-25(22,23)19-15-7-8-16-14(11-15)5-3-9-20(16)18(21)17-6-4-10-24-17/h4,6-8,10-11,13,19H,3,5,9,12H2,1-2H3. The number of aryl methyl sites for hydroxylation is 1. The lowest BCUT2D eigenvalue weighted by Gasteiger charge is -2.29. The predicted octanol–water partition coefficient (Wildman–Crippen LogP) is 3.74. The lowest BCUT2D eigenvalue weighted by molar-refractivity contribution is 0.0989. The molecule has 25 heavy (non-hydrogen) atoms. The summed E-state index contributed by atoms with van der Waals surface area (Å²) in [6, 6.07) is 9.12. The van der Waals surface area contributed by atoms with Gasteiger partial charge in [0.15, 0.2) is 0 Å². The number of carbonyl (C=O) groups is 1. The maximum Gasteiger partial charge on any atom is 0.268 e. The van der Waals surface area contributed by atoms with Gasteiger partial charge in [-0.15, -0.1) is 11.3 Å². The molecule has 1 aromatic heterocycles. The molecule has 0 radical (unpaired) electrons. The Hall–Kier alpha value is -1.86. The van der Waals surface area contributed by atoms with E-state index in [-0.39, 0.29) is 17.6 Å². The summed E-state index contributed by atoms with van der Waals surface area (Å²) in [7, 11) is -3.35. The van der Waals surface area contributed by atoms with E-state index in [0.29, 0.717) is 12.2 Å². The Balaban J connectivity index is 1.84. The van der Waals surface area contributed by atoms with E-state index in [1.54, 1.807) is 11.0 Å². The van der Waals surface area contributed by atoms with Gasteiger partial charge in [-0.05, 0) is 54.0 Å². The van der Waals surface area contributed by atoms with Crippen LogP contribution < -0.4 is 9.62 Å². The summed E-state index contributed by atoms with van der Waals surface area (Å²) in [5, 5.41) is 1.89. The minimum absolute atomic E-state index is 0.00379. The highest BCUT2D eigenvalue weighted by Gasteiger charge is 2.24. The molecule has 0 spiro atoms. The number of benzene rings is 1. The monoisotopic (exact) mass is 378 g/mol. The van der Waals surface area contributed by atoms with Crippen LogP contribution in [0.25, 0.3) is 0 Å². The molecule has 0 atom stereocenters. The van der Waals surface area contributed by atoms with E-state index in [4.69, 9.17) is 0 Å². The molecule has 0 saturated carbocycles. The van der Waals surface area contributed by atoms with Crippen molar-refractivity contribution in [3.8, 4) is 0 Å². The zero-order valence-corrected chi connectivity index (χ0v) is 16.0. The number of nitrogens with one attached hydrogen (secondary N) is 1. The SMILES string of the molecule is CC(C)CS(=O)(=O)Nc1ccc2c(c1)CCCN2C(=O)c1cccs1. The number of sulfonamides is 1. The summed E-state index contributed by atoms with van der Waals surface area (Å²) < 4.78 is 26.9. The minimum atomic E-state index is -3.35. The van der Waals surface area contributed by atoms with Crippen LogP contribution in [-0.4, -0.2) is 26.6 Å². The van der Waals surface area contributed by atoms with Gasteiger partial charge in [-0.2, -0.15) is 0 Å². The van der Waals surface area contributed by atoms with Crippen LogP contribution in [0.3, 0.4) is 0 Å². The number of anilines is 2. The van der Waals surface area contributed by atoms with Gasteiger partial charge in [-0.25, -0.2) is 8.42 Å². The molecular formula is C18H22N2O3S2. The van der Waals surface area contributed by atoms with Gasteiger partial charge in [0, 0.05) is 17.9 Å². The second-order valence-corrected chi connectivity index (χ2v) is 9.37. The number of amides is 1. The Kier molecular flexibility index (Phi) is 5.15. The predicted molar refractivity (Wildman–Crippen MR) is 103 cm³/mol. The molecule has 1 aliphatic rings. The van der Waals surface area contributed by atoms with E-state index >= 15 is 0 Å². The summed E-state index contributed by atoms with van der Waals surface area (Å²) in [5.74, 6) is 0.158. The second kappa shape index (κ2) is 7.17. The molecular weight excluding hydrogens is 356 g/mol. The van der Waals surface area contributed by atoms with Crippen molar-refractivity contribution in [2.75, 3.05) is 21.9 Å². The first-order valence-electron chi connectivity index (χ1n) is 8.34. The molecule has 2 heterocycles. The quantitative estimate of drug-likeness (QED) is 0.862. The van der Waals surface area contributed by atoms with Crippen LogP contribution in [0.1, 0.15) is 35.5 Å². The third-order valence-electron chi connectivity index (χ3n) is 4.00. The number of rotatable bonds is 5. The lowest BCUT2D eigenvalue weighted by atomic mass is 10.0. The molecule has 0 unspecified atom stereocenters. The Morgan fingerprint density at radius 3 is 2.80 bits per heavy atom. The van der Waals surface area contributed by atoms with E-state index in [0.717, 1.165) is 29.0 Å². The van der Waals surface area contributed by atoms with Gasteiger partial charge in [0.05, 0.1) is 10.6 Å². The minimum Gasteiger partial charge on any atom is -0.307 e. The number of fused-ring (bicyclic) bond motifs is 1. The van der Waals surface area contributed by atoms with E-state index < -0.39 is 10.0 Å². The van der Waals surface area contributed by atoms with Gasteiger partial charge >= 0.3 is 0 Å². The Bertz CT molecular complexity index is 858. The average Bonchev–Trinajstić information content (AvgIpc) is 3.06. The molecule has 0 bridgehead atoms. The molecule has 5 nitrogen and oxygen atoms in total. The maximum atomic E-state index is 12.7. The normalized spacial score (nSPS) is 14.4. The Morgan fingerprint density at radius 1 is 1.32 bits per heavy atom. The van der Waals surface area contributed by atoms with Gasteiger partial charge in [0.25, 0.3) is 5.91 Å². The van der Waals surface area contributed by atoms with Gasteiger partial charge in [-0.3, -0.25) is 9.52 Å². The van der Waals surface area contributed by atoms with Crippen LogP contribution >= 0.6 is 11.3 Å². The van der Waals surface area contributed by atoms with Crippen molar-refractivity contribution in [3.05, 3.63) is 46.2 Å². The van der Waals surface area contributed by atoms with E-state index in [1.165, 1.54) is 11.3 Å².